The van der Waals surface area contributed by atoms with Gasteiger partial charge in [-0.05, 0) is 24.1 Å². The molecule has 0 aliphatic rings. The molecule has 0 fully saturated rings. The zero-order valence-electron chi connectivity index (χ0n) is 11.3. The molecule has 0 aliphatic carbocycles. The molecular weight excluding hydrogens is 252 g/mol. The Morgan fingerprint density at radius 1 is 0.947 bits per heavy atom. The van der Waals surface area contributed by atoms with Crippen molar-refractivity contribution in [1.82, 2.24) is 0 Å². The van der Waals surface area contributed by atoms with Crippen molar-refractivity contribution < 1.29 is 4.74 Å². The van der Waals surface area contributed by atoms with Crippen molar-refractivity contribution in [2.75, 3.05) is 12.4 Å². The van der Waals surface area contributed by atoms with Gasteiger partial charge < -0.3 is 4.74 Å². The van der Waals surface area contributed by atoms with E-state index in [1.54, 1.807) is 0 Å². The summed E-state index contributed by atoms with van der Waals surface area (Å²) < 4.78 is 5.98. The van der Waals surface area contributed by atoms with Crippen LogP contribution in [0.3, 0.4) is 0 Å². The Hall–Kier alpha value is -1.25. The lowest BCUT2D eigenvalue weighted by atomic mass is 10.1. The maximum absolute atomic E-state index is 5.98. The average Bonchev–Trinajstić information content (AvgIpc) is 2.49. The first kappa shape index (κ1) is 14.2. The highest BCUT2D eigenvalue weighted by molar-refractivity contribution is 7.99. The third kappa shape index (κ3) is 4.73. The second-order valence-electron chi connectivity index (χ2n) is 4.39. The van der Waals surface area contributed by atoms with E-state index in [-0.39, 0.29) is 6.10 Å². The largest absolute Gasteiger partial charge is 0.373 e. The lowest BCUT2D eigenvalue weighted by Crippen LogP contribution is -2.08. The summed E-state index contributed by atoms with van der Waals surface area (Å²) in [5, 5.41) is 0. The van der Waals surface area contributed by atoms with Gasteiger partial charge in [-0.15, -0.1) is 11.8 Å². The third-order valence-electron chi connectivity index (χ3n) is 2.84. The minimum atomic E-state index is 0.173. The van der Waals surface area contributed by atoms with Gasteiger partial charge in [-0.1, -0.05) is 55.5 Å². The fourth-order valence-electron chi connectivity index (χ4n) is 1.86. The van der Waals surface area contributed by atoms with Gasteiger partial charge in [-0.2, -0.15) is 0 Å². The number of benzene rings is 2. The zero-order valence-corrected chi connectivity index (χ0v) is 12.1. The van der Waals surface area contributed by atoms with Crippen molar-refractivity contribution in [1.29, 1.82) is 0 Å². The maximum atomic E-state index is 5.98. The Morgan fingerprint density at radius 3 is 2.21 bits per heavy atom. The van der Waals surface area contributed by atoms with Gasteiger partial charge in [0.05, 0.1) is 6.10 Å². The summed E-state index contributed by atoms with van der Waals surface area (Å²) in [6.45, 7) is 2.96. The van der Waals surface area contributed by atoms with Crippen LogP contribution in [-0.4, -0.2) is 12.4 Å². The van der Waals surface area contributed by atoms with E-state index in [1.807, 2.05) is 23.9 Å². The van der Waals surface area contributed by atoms with Crippen LogP contribution in [0.1, 0.15) is 25.0 Å². The van der Waals surface area contributed by atoms with Crippen LogP contribution in [0.5, 0.6) is 0 Å². The van der Waals surface area contributed by atoms with E-state index < -0.39 is 0 Å². The summed E-state index contributed by atoms with van der Waals surface area (Å²) in [5.41, 5.74) is 1.26. The number of thioether (sulfide) groups is 1. The number of rotatable bonds is 7. The second-order valence-corrected chi connectivity index (χ2v) is 5.49. The number of hydrogen-bond acceptors (Lipinski definition) is 2. The summed E-state index contributed by atoms with van der Waals surface area (Å²) in [5.74, 6) is 0.952. The molecule has 2 heteroatoms. The van der Waals surface area contributed by atoms with Crippen LogP contribution in [0.4, 0.5) is 0 Å². The minimum absolute atomic E-state index is 0.173. The lowest BCUT2D eigenvalue weighted by Gasteiger charge is -2.17. The van der Waals surface area contributed by atoms with Crippen LogP contribution in [0.2, 0.25) is 0 Å². The molecule has 0 radical (unpaired) electrons. The van der Waals surface area contributed by atoms with Crippen molar-refractivity contribution in [3.8, 4) is 0 Å². The molecule has 0 N–H and O–H groups in total. The van der Waals surface area contributed by atoms with Gasteiger partial charge in [0.2, 0.25) is 0 Å². The second kappa shape index (κ2) is 8.03. The monoisotopic (exact) mass is 272 g/mol. The van der Waals surface area contributed by atoms with Gasteiger partial charge in [0.1, 0.15) is 0 Å². The van der Waals surface area contributed by atoms with Crippen molar-refractivity contribution >= 4 is 11.8 Å². The van der Waals surface area contributed by atoms with Crippen LogP contribution in [0.25, 0.3) is 0 Å². The highest BCUT2D eigenvalue weighted by Gasteiger charge is 2.11. The van der Waals surface area contributed by atoms with Crippen molar-refractivity contribution in [3.05, 3.63) is 66.2 Å². The van der Waals surface area contributed by atoms with E-state index in [4.69, 9.17) is 4.74 Å². The van der Waals surface area contributed by atoms with Crippen molar-refractivity contribution in [2.45, 2.75) is 24.3 Å². The van der Waals surface area contributed by atoms with Gasteiger partial charge in [0, 0.05) is 17.3 Å². The first-order valence-corrected chi connectivity index (χ1v) is 7.73. The third-order valence-corrected chi connectivity index (χ3v) is 3.91. The molecule has 1 unspecified atom stereocenters. The first-order valence-electron chi connectivity index (χ1n) is 6.74. The predicted molar refractivity (Wildman–Crippen MR) is 82.6 cm³/mol. The van der Waals surface area contributed by atoms with Crippen LogP contribution in [0, 0.1) is 0 Å². The molecule has 19 heavy (non-hydrogen) atoms. The van der Waals surface area contributed by atoms with E-state index >= 15 is 0 Å². The van der Waals surface area contributed by atoms with Gasteiger partial charge in [-0.3, -0.25) is 0 Å². The summed E-state index contributed by atoms with van der Waals surface area (Å²) in [6, 6.07) is 21.0. The summed E-state index contributed by atoms with van der Waals surface area (Å²) in [6.07, 6.45) is 1.23. The molecule has 0 bridgehead atoms. The molecule has 0 heterocycles. The fourth-order valence-corrected chi connectivity index (χ4v) is 2.84. The van der Waals surface area contributed by atoms with Crippen LogP contribution < -0.4 is 0 Å². The van der Waals surface area contributed by atoms with Gasteiger partial charge in [0.25, 0.3) is 0 Å². The Labute approximate surface area is 120 Å². The molecule has 0 amide bonds. The smallest absolute Gasteiger partial charge is 0.0918 e. The van der Waals surface area contributed by atoms with E-state index in [9.17, 15) is 0 Å². The van der Waals surface area contributed by atoms with E-state index in [1.165, 1.54) is 10.5 Å². The average molecular weight is 272 g/mol. The molecular formula is C17H20OS. The molecule has 2 aromatic carbocycles. The number of hydrogen-bond donors (Lipinski definition) is 0. The van der Waals surface area contributed by atoms with Gasteiger partial charge >= 0.3 is 0 Å². The molecule has 1 atom stereocenters. The minimum Gasteiger partial charge on any atom is -0.373 e. The first-order chi connectivity index (χ1) is 9.40. The van der Waals surface area contributed by atoms with Crippen LogP contribution >= 0.6 is 11.8 Å². The standard InChI is InChI=1S/C17H20OS/c1-2-13-18-17(15-9-5-3-6-10-15)14-19-16-11-7-4-8-12-16/h3-12,17H,2,13-14H2,1H3. The Balaban J connectivity index is 1.98. The molecule has 2 aromatic rings. The molecule has 100 valence electrons. The summed E-state index contributed by atoms with van der Waals surface area (Å²) >= 11 is 1.85. The van der Waals surface area contributed by atoms with E-state index in [0.717, 1.165) is 18.8 Å². The van der Waals surface area contributed by atoms with Gasteiger partial charge in [0.15, 0.2) is 0 Å². The SMILES string of the molecule is CCCOC(CSc1ccccc1)c1ccccc1. The quantitative estimate of drug-likeness (QED) is 0.660. The highest BCUT2D eigenvalue weighted by atomic mass is 32.2. The van der Waals surface area contributed by atoms with Gasteiger partial charge in [-0.25, -0.2) is 0 Å². The fraction of sp³-hybridized carbons (Fsp3) is 0.294. The van der Waals surface area contributed by atoms with Crippen molar-refractivity contribution in [2.24, 2.45) is 0 Å². The summed E-state index contributed by atoms with van der Waals surface area (Å²) in [4.78, 5) is 1.29. The molecule has 0 spiro atoms. The Kier molecular flexibility index (Phi) is 5.99. The van der Waals surface area contributed by atoms with E-state index in [0.29, 0.717) is 0 Å². The molecule has 2 rings (SSSR count). The van der Waals surface area contributed by atoms with Crippen LogP contribution in [-0.2, 0) is 4.74 Å². The maximum Gasteiger partial charge on any atom is 0.0918 e. The topological polar surface area (TPSA) is 9.23 Å². The predicted octanol–water partition coefficient (Wildman–Crippen LogP) is 4.95. The molecule has 0 aromatic heterocycles. The molecule has 1 nitrogen and oxygen atoms in total. The van der Waals surface area contributed by atoms with Crippen molar-refractivity contribution in [3.63, 3.8) is 0 Å². The summed E-state index contributed by atoms with van der Waals surface area (Å²) in [7, 11) is 0. The lowest BCUT2D eigenvalue weighted by molar-refractivity contribution is 0.0695. The van der Waals surface area contributed by atoms with Crippen LogP contribution in [0.15, 0.2) is 65.6 Å². The zero-order chi connectivity index (χ0) is 13.3. The Bertz CT molecular complexity index is 455. The molecule has 0 aliphatic heterocycles. The molecule has 0 saturated heterocycles. The highest BCUT2D eigenvalue weighted by Crippen LogP contribution is 2.27. The number of ether oxygens (including phenoxy) is 1. The Morgan fingerprint density at radius 2 is 1.58 bits per heavy atom. The van der Waals surface area contributed by atoms with E-state index in [2.05, 4.69) is 55.5 Å². The normalized spacial score (nSPS) is 12.3. The molecule has 0 saturated carbocycles.